The number of hydrogen-bond donors (Lipinski definition) is 1. The molecule has 12 heteroatoms. The van der Waals surface area contributed by atoms with Gasteiger partial charge in [0.05, 0.1) is 22.8 Å². The molecule has 1 aliphatic rings. The van der Waals surface area contributed by atoms with Crippen molar-refractivity contribution in [1.82, 2.24) is 33.9 Å². The van der Waals surface area contributed by atoms with Gasteiger partial charge in [-0.05, 0) is 49.7 Å². The van der Waals surface area contributed by atoms with Crippen molar-refractivity contribution >= 4 is 21.1 Å². The highest BCUT2D eigenvalue weighted by Crippen LogP contribution is 2.32. The summed E-state index contributed by atoms with van der Waals surface area (Å²) in [7, 11) is -3.75. The molecule has 4 heterocycles. The number of hydrogen-bond acceptors (Lipinski definition) is 8. The number of sulfonamides is 1. The number of piperazine rings is 1. The van der Waals surface area contributed by atoms with E-state index >= 15 is 0 Å². The molecule has 1 fully saturated rings. The number of nitrogens with zero attached hydrogens (tertiary/aromatic N) is 6. The fraction of sp³-hybridized carbons (Fsp3) is 0.448. The van der Waals surface area contributed by atoms with Crippen molar-refractivity contribution in [1.29, 1.82) is 0 Å². The number of nitrogens with one attached hydrogen (secondary N) is 1. The van der Waals surface area contributed by atoms with Gasteiger partial charge in [0.25, 0.3) is 5.56 Å². The summed E-state index contributed by atoms with van der Waals surface area (Å²) in [6, 6.07) is 10.6. The van der Waals surface area contributed by atoms with E-state index in [0.29, 0.717) is 69.0 Å². The van der Waals surface area contributed by atoms with Gasteiger partial charge in [-0.15, -0.1) is 0 Å². The van der Waals surface area contributed by atoms with Gasteiger partial charge in [0.2, 0.25) is 10.0 Å². The zero-order chi connectivity index (χ0) is 29.0. The van der Waals surface area contributed by atoms with Crippen LogP contribution in [-0.2, 0) is 29.4 Å². The minimum Gasteiger partial charge on any atom is -0.493 e. The first-order valence-corrected chi connectivity index (χ1v) is 15.7. The predicted octanol–water partition coefficient (Wildman–Crippen LogP) is 3.10. The monoisotopic (exact) mass is 579 g/mol. The second-order valence-electron chi connectivity index (χ2n) is 10.1. The molecule has 11 nitrogen and oxygen atoms in total. The lowest BCUT2D eigenvalue weighted by molar-refractivity contribution is 0.196. The van der Waals surface area contributed by atoms with Gasteiger partial charge in [-0.2, -0.15) is 9.40 Å². The molecular weight excluding hydrogens is 542 g/mol. The molecule has 1 saturated heterocycles. The number of fused-ring (bicyclic) bond motifs is 1. The molecule has 1 N–H and O–H groups in total. The van der Waals surface area contributed by atoms with Crippen LogP contribution in [0.3, 0.4) is 0 Å². The van der Waals surface area contributed by atoms with Crippen LogP contribution < -0.4 is 10.3 Å². The van der Waals surface area contributed by atoms with Crippen molar-refractivity contribution in [3.05, 3.63) is 64.3 Å². The molecule has 5 rings (SSSR count). The maximum atomic E-state index is 13.6. The number of H-pyrrole nitrogens is 1. The molecule has 3 aromatic heterocycles. The lowest BCUT2D eigenvalue weighted by Crippen LogP contribution is -2.48. The minimum atomic E-state index is -3.75. The average molecular weight is 580 g/mol. The largest absolute Gasteiger partial charge is 0.493 e. The number of aromatic amines is 1. The van der Waals surface area contributed by atoms with E-state index in [2.05, 4.69) is 26.9 Å². The van der Waals surface area contributed by atoms with Gasteiger partial charge < -0.3 is 14.6 Å². The van der Waals surface area contributed by atoms with Crippen molar-refractivity contribution in [2.24, 2.45) is 0 Å². The molecule has 1 aliphatic heterocycles. The Hall–Kier alpha value is -3.61. The highest BCUT2D eigenvalue weighted by atomic mass is 32.2. The Morgan fingerprint density at radius 3 is 2.51 bits per heavy atom. The molecule has 0 saturated carbocycles. The Morgan fingerprint density at radius 1 is 1.02 bits per heavy atom. The molecule has 218 valence electrons. The molecule has 41 heavy (non-hydrogen) atoms. The van der Waals surface area contributed by atoms with Crippen LogP contribution in [0.5, 0.6) is 5.75 Å². The van der Waals surface area contributed by atoms with Gasteiger partial charge in [-0.25, -0.2) is 13.4 Å². The molecule has 0 atom stereocenters. The number of benzene rings is 1. The number of likely N-dealkylation sites (N-methyl/N-ethyl adjacent to an activating group) is 1. The molecular formula is C29H37N7O4S. The lowest BCUT2D eigenvalue weighted by Gasteiger charge is -2.33. The number of aryl methyl sites for hydroxylation is 3. The van der Waals surface area contributed by atoms with Crippen LogP contribution in [0.1, 0.15) is 38.6 Å². The summed E-state index contributed by atoms with van der Waals surface area (Å²) in [5, 5.41) is 4.58. The van der Waals surface area contributed by atoms with Crippen LogP contribution in [0.15, 0.2) is 52.3 Å². The van der Waals surface area contributed by atoms with E-state index in [1.807, 2.05) is 36.7 Å². The fourth-order valence-electron chi connectivity index (χ4n) is 5.12. The van der Waals surface area contributed by atoms with Gasteiger partial charge in [-0.1, -0.05) is 26.8 Å². The van der Waals surface area contributed by atoms with E-state index in [9.17, 15) is 13.2 Å². The number of pyridine rings is 1. The summed E-state index contributed by atoms with van der Waals surface area (Å²) in [4.78, 5) is 27.7. The van der Waals surface area contributed by atoms with Gasteiger partial charge in [-0.3, -0.25) is 14.5 Å². The minimum absolute atomic E-state index is 0.144. The van der Waals surface area contributed by atoms with E-state index in [0.717, 1.165) is 24.4 Å². The van der Waals surface area contributed by atoms with Crippen molar-refractivity contribution in [3.63, 3.8) is 0 Å². The van der Waals surface area contributed by atoms with Crippen molar-refractivity contribution in [3.8, 4) is 17.1 Å². The van der Waals surface area contributed by atoms with Gasteiger partial charge in [0.15, 0.2) is 5.52 Å². The molecule has 0 aliphatic carbocycles. The average Bonchev–Trinajstić information content (AvgIpc) is 3.37. The second kappa shape index (κ2) is 12.5. The van der Waals surface area contributed by atoms with Crippen molar-refractivity contribution < 1.29 is 13.2 Å². The quantitative estimate of drug-likeness (QED) is 0.287. The zero-order valence-electron chi connectivity index (χ0n) is 23.8. The summed E-state index contributed by atoms with van der Waals surface area (Å²) in [5.74, 6) is 0.713. The Kier molecular flexibility index (Phi) is 8.81. The smallest absolute Gasteiger partial charge is 0.279 e. The Labute approximate surface area is 240 Å². The van der Waals surface area contributed by atoms with Crippen LogP contribution in [-0.4, -0.2) is 81.7 Å². The number of rotatable bonds is 11. The van der Waals surface area contributed by atoms with Crippen LogP contribution in [0, 0.1) is 0 Å². The third-order valence-corrected chi connectivity index (χ3v) is 9.32. The highest BCUT2D eigenvalue weighted by molar-refractivity contribution is 7.89. The third-order valence-electron chi connectivity index (χ3n) is 7.43. The van der Waals surface area contributed by atoms with Crippen LogP contribution in [0.2, 0.25) is 0 Å². The number of aromatic nitrogens is 5. The van der Waals surface area contributed by atoms with E-state index in [1.54, 1.807) is 24.4 Å². The summed E-state index contributed by atoms with van der Waals surface area (Å²) in [6.07, 6.45) is 3.80. The van der Waals surface area contributed by atoms with E-state index in [1.165, 1.54) is 4.31 Å². The first-order chi connectivity index (χ1) is 19.8. The highest BCUT2D eigenvalue weighted by Gasteiger charge is 2.29. The lowest BCUT2D eigenvalue weighted by atomic mass is 10.1. The first kappa shape index (κ1) is 28.9. The topological polar surface area (TPSA) is 126 Å². The third kappa shape index (κ3) is 6.04. The van der Waals surface area contributed by atoms with E-state index in [-0.39, 0.29) is 21.8 Å². The van der Waals surface area contributed by atoms with Crippen LogP contribution in [0.4, 0.5) is 0 Å². The summed E-state index contributed by atoms with van der Waals surface area (Å²) in [6.45, 7) is 10.2. The van der Waals surface area contributed by atoms with E-state index < -0.39 is 10.0 Å². The van der Waals surface area contributed by atoms with Crippen molar-refractivity contribution in [2.45, 2.75) is 51.5 Å². The SMILES string of the molecule is CCCOc1ccc(S(=O)(=O)N2CCN(CC)CC2)cc1-c1nc2c(CC)n(CCc3ccccn3)nc2c(=O)[nH]1. The van der Waals surface area contributed by atoms with Crippen LogP contribution in [0.25, 0.3) is 22.4 Å². The van der Waals surface area contributed by atoms with Gasteiger partial charge in [0.1, 0.15) is 17.1 Å². The van der Waals surface area contributed by atoms with Gasteiger partial charge in [0, 0.05) is 51.0 Å². The Balaban J connectivity index is 1.55. The molecule has 4 aromatic rings. The van der Waals surface area contributed by atoms with E-state index in [4.69, 9.17) is 9.72 Å². The summed E-state index contributed by atoms with van der Waals surface area (Å²) >= 11 is 0. The maximum absolute atomic E-state index is 13.6. The molecule has 0 spiro atoms. The predicted molar refractivity (Wildman–Crippen MR) is 158 cm³/mol. The molecule has 0 amide bonds. The standard InChI is InChI=1S/C29H37N7O4S/c1-4-19-40-25-11-10-22(41(38,39)35-17-15-34(6-3)16-18-35)20-23(25)28-31-26-24(5-2)36(33-27(26)29(37)32-28)14-12-21-9-7-8-13-30-21/h7-11,13,20H,4-6,12,14-19H2,1-3H3,(H,31,32,37). The normalized spacial score (nSPS) is 15.0. The second-order valence-corrected chi connectivity index (χ2v) is 12.0. The van der Waals surface area contributed by atoms with Crippen molar-refractivity contribution in [2.75, 3.05) is 39.3 Å². The molecule has 1 aromatic carbocycles. The van der Waals surface area contributed by atoms with Gasteiger partial charge >= 0.3 is 0 Å². The summed E-state index contributed by atoms with van der Waals surface area (Å²) < 4.78 is 36.6. The molecule has 0 radical (unpaired) electrons. The Morgan fingerprint density at radius 2 is 1.83 bits per heavy atom. The summed E-state index contributed by atoms with van der Waals surface area (Å²) in [5.41, 5.74) is 2.55. The maximum Gasteiger partial charge on any atom is 0.279 e. The fourth-order valence-corrected chi connectivity index (χ4v) is 6.57. The zero-order valence-corrected chi connectivity index (χ0v) is 24.7. The first-order valence-electron chi connectivity index (χ1n) is 14.2. The number of ether oxygens (including phenoxy) is 1. The molecule has 0 bridgehead atoms. The molecule has 0 unspecified atom stereocenters. The van der Waals surface area contributed by atoms with Crippen LogP contribution >= 0.6 is 0 Å². The Bertz CT molecular complexity index is 1660.